The van der Waals surface area contributed by atoms with E-state index in [0.717, 1.165) is 11.8 Å². The van der Waals surface area contributed by atoms with Gasteiger partial charge in [0.05, 0.1) is 0 Å². The number of piperidine rings is 1. The van der Waals surface area contributed by atoms with E-state index in [2.05, 4.69) is 33.0 Å². The highest BCUT2D eigenvalue weighted by Gasteiger charge is 2.58. The molecule has 0 amide bonds. The summed E-state index contributed by atoms with van der Waals surface area (Å²) in [7, 11) is 0. The summed E-state index contributed by atoms with van der Waals surface area (Å²) < 4.78 is 0. The van der Waals surface area contributed by atoms with Crippen LogP contribution in [0.4, 0.5) is 0 Å². The lowest BCUT2D eigenvalue weighted by molar-refractivity contribution is -0.0700. The van der Waals surface area contributed by atoms with Crippen LogP contribution in [0.2, 0.25) is 0 Å². The minimum Gasteiger partial charge on any atom is -0.305 e. The van der Waals surface area contributed by atoms with E-state index in [1.165, 1.54) is 25.7 Å². The fourth-order valence-electron chi connectivity index (χ4n) is 3.34. The van der Waals surface area contributed by atoms with Crippen molar-refractivity contribution in [2.24, 2.45) is 11.8 Å². The number of fused-ring (bicyclic) bond motifs is 2. The number of hydrogen-bond acceptors (Lipinski definition) is 1. The topological polar surface area (TPSA) is 12.0 Å². The molecule has 0 radical (unpaired) electrons. The molecule has 1 aliphatic carbocycles. The molecule has 2 unspecified atom stereocenters. The van der Waals surface area contributed by atoms with Crippen molar-refractivity contribution in [2.75, 3.05) is 0 Å². The zero-order chi connectivity index (χ0) is 9.69. The fraction of sp³-hybridized carbons (Fsp3) is 1.00. The van der Waals surface area contributed by atoms with Crippen LogP contribution >= 0.6 is 0 Å². The molecule has 2 bridgehead atoms. The highest BCUT2D eigenvalue weighted by molar-refractivity contribution is 5.18. The normalized spacial score (nSPS) is 43.8. The second-order valence-electron chi connectivity index (χ2n) is 5.78. The molecule has 2 aliphatic heterocycles. The van der Waals surface area contributed by atoms with Gasteiger partial charge < -0.3 is 5.32 Å². The Kier molecular flexibility index (Phi) is 1.99. The quantitative estimate of drug-likeness (QED) is 0.690. The van der Waals surface area contributed by atoms with Crippen molar-refractivity contribution < 1.29 is 0 Å². The molecule has 1 saturated carbocycles. The third-order valence-corrected chi connectivity index (χ3v) is 4.58. The third-order valence-electron chi connectivity index (χ3n) is 4.58. The van der Waals surface area contributed by atoms with Crippen LogP contribution in [-0.2, 0) is 0 Å². The maximum atomic E-state index is 3.91. The molecule has 1 N–H and O–H groups in total. The molecule has 2 saturated heterocycles. The molecule has 1 heteroatoms. The van der Waals surface area contributed by atoms with Crippen molar-refractivity contribution in [3.63, 3.8) is 0 Å². The maximum absolute atomic E-state index is 3.91. The Balaban J connectivity index is 2.11. The second kappa shape index (κ2) is 2.73. The van der Waals surface area contributed by atoms with Gasteiger partial charge in [0, 0.05) is 11.1 Å². The fourth-order valence-corrected chi connectivity index (χ4v) is 3.34. The molecule has 0 aromatic rings. The first-order chi connectivity index (χ1) is 6.01. The Bertz CT molecular complexity index is 179. The highest BCUT2D eigenvalue weighted by atomic mass is 15.2. The first-order valence-electron chi connectivity index (χ1n) is 5.80. The van der Waals surface area contributed by atoms with E-state index in [-0.39, 0.29) is 0 Å². The van der Waals surface area contributed by atoms with E-state index in [4.69, 9.17) is 0 Å². The first kappa shape index (κ1) is 9.51. The predicted octanol–water partition coefficient (Wildman–Crippen LogP) is 2.95. The molecule has 3 fully saturated rings. The van der Waals surface area contributed by atoms with Crippen LogP contribution in [0.1, 0.15) is 53.4 Å². The Morgan fingerprint density at radius 1 is 0.923 bits per heavy atom. The minimum absolute atomic E-state index is 0.516. The molecule has 0 aromatic carbocycles. The average Bonchev–Trinajstić information content (AvgIpc) is 2.02. The van der Waals surface area contributed by atoms with Crippen molar-refractivity contribution in [1.82, 2.24) is 5.32 Å². The van der Waals surface area contributed by atoms with E-state index >= 15 is 0 Å². The first-order valence-corrected chi connectivity index (χ1v) is 5.80. The number of nitrogens with one attached hydrogen (secondary N) is 1. The van der Waals surface area contributed by atoms with E-state index in [9.17, 15) is 0 Å². The molecular formula is C12H23N. The van der Waals surface area contributed by atoms with Gasteiger partial charge in [0.25, 0.3) is 0 Å². The lowest BCUT2D eigenvalue weighted by Gasteiger charge is -2.66. The van der Waals surface area contributed by atoms with Crippen LogP contribution in [0.25, 0.3) is 0 Å². The minimum atomic E-state index is 0.516. The van der Waals surface area contributed by atoms with Gasteiger partial charge in [-0.2, -0.15) is 0 Å². The third kappa shape index (κ3) is 1.16. The zero-order valence-electron chi connectivity index (χ0n) is 9.48. The summed E-state index contributed by atoms with van der Waals surface area (Å²) in [6.45, 7) is 9.45. The van der Waals surface area contributed by atoms with Crippen molar-refractivity contribution in [1.29, 1.82) is 0 Å². The molecule has 76 valence electrons. The van der Waals surface area contributed by atoms with Gasteiger partial charge in [-0.15, -0.1) is 0 Å². The van der Waals surface area contributed by atoms with Gasteiger partial charge in [-0.05, 0) is 37.5 Å². The summed E-state index contributed by atoms with van der Waals surface area (Å²) >= 11 is 0. The van der Waals surface area contributed by atoms with Gasteiger partial charge in [0.15, 0.2) is 0 Å². The summed E-state index contributed by atoms with van der Waals surface area (Å²) in [5.41, 5.74) is 1.03. The monoisotopic (exact) mass is 181 g/mol. The van der Waals surface area contributed by atoms with Crippen LogP contribution in [0.3, 0.4) is 0 Å². The van der Waals surface area contributed by atoms with Crippen LogP contribution in [0.15, 0.2) is 0 Å². The molecule has 3 aliphatic rings. The standard InChI is InChI=1S/C12H23N/c1-9(2)11-6-5-7-12(8-11,13-11)10(3)4/h9-10,13H,5-8H2,1-4H3. The molecule has 0 aromatic heterocycles. The zero-order valence-corrected chi connectivity index (χ0v) is 9.48. The van der Waals surface area contributed by atoms with Gasteiger partial charge in [-0.3, -0.25) is 0 Å². The predicted molar refractivity (Wildman–Crippen MR) is 56.7 cm³/mol. The van der Waals surface area contributed by atoms with Crippen molar-refractivity contribution in [3.05, 3.63) is 0 Å². The number of rotatable bonds is 2. The molecule has 2 heterocycles. The molecule has 3 rings (SSSR count). The Morgan fingerprint density at radius 2 is 1.31 bits per heavy atom. The molecule has 13 heavy (non-hydrogen) atoms. The summed E-state index contributed by atoms with van der Waals surface area (Å²) in [5.74, 6) is 1.61. The Morgan fingerprint density at radius 3 is 1.62 bits per heavy atom. The SMILES string of the molecule is CC(C)C12CCCC(C(C)C)(C1)N2. The summed E-state index contributed by atoms with van der Waals surface area (Å²) in [6, 6.07) is 0. The smallest absolute Gasteiger partial charge is 0.0227 e. The van der Waals surface area contributed by atoms with Gasteiger partial charge in [-0.25, -0.2) is 0 Å². The average molecular weight is 181 g/mol. The van der Waals surface area contributed by atoms with Gasteiger partial charge >= 0.3 is 0 Å². The van der Waals surface area contributed by atoms with Gasteiger partial charge in [0.2, 0.25) is 0 Å². The molecule has 2 atom stereocenters. The van der Waals surface area contributed by atoms with Gasteiger partial charge in [0.1, 0.15) is 0 Å². The van der Waals surface area contributed by atoms with Crippen LogP contribution in [0.5, 0.6) is 0 Å². The largest absolute Gasteiger partial charge is 0.305 e. The van der Waals surface area contributed by atoms with E-state index in [1.54, 1.807) is 0 Å². The van der Waals surface area contributed by atoms with Crippen molar-refractivity contribution in [2.45, 2.75) is 64.5 Å². The Hall–Kier alpha value is -0.0400. The van der Waals surface area contributed by atoms with E-state index < -0.39 is 0 Å². The van der Waals surface area contributed by atoms with E-state index in [0.29, 0.717) is 11.1 Å². The van der Waals surface area contributed by atoms with Crippen molar-refractivity contribution >= 4 is 0 Å². The lowest BCUT2D eigenvalue weighted by Crippen LogP contribution is -2.78. The lowest BCUT2D eigenvalue weighted by atomic mass is 9.55. The van der Waals surface area contributed by atoms with Crippen LogP contribution in [0, 0.1) is 11.8 Å². The van der Waals surface area contributed by atoms with Crippen molar-refractivity contribution in [3.8, 4) is 0 Å². The maximum Gasteiger partial charge on any atom is 0.0227 e. The van der Waals surface area contributed by atoms with E-state index in [1.807, 2.05) is 0 Å². The van der Waals surface area contributed by atoms with Crippen LogP contribution in [-0.4, -0.2) is 11.1 Å². The van der Waals surface area contributed by atoms with Crippen LogP contribution < -0.4 is 5.32 Å². The molecule has 1 nitrogen and oxygen atoms in total. The number of hydrogen-bond donors (Lipinski definition) is 1. The molecule has 0 spiro atoms. The summed E-state index contributed by atoms with van der Waals surface area (Å²) in [5, 5.41) is 3.91. The Labute approximate surface area is 82.3 Å². The van der Waals surface area contributed by atoms with Gasteiger partial charge in [-0.1, -0.05) is 27.7 Å². The second-order valence-corrected chi connectivity index (χ2v) is 5.78. The summed E-state index contributed by atoms with van der Waals surface area (Å²) in [4.78, 5) is 0. The summed E-state index contributed by atoms with van der Waals surface area (Å²) in [6.07, 6.45) is 5.66. The highest BCUT2D eigenvalue weighted by Crippen LogP contribution is 2.52. The molecular weight excluding hydrogens is 158 g/mol.